The standard InChI is InChI=1S/C15H15N3O2S.ClH/c1-21-13-8-6-12(7-9-13)20-14(19)10-2-4-11(5-3-10)18-15(16)17;/h2-9H,1H3,(H4,16,17,18);1H. The fourth-order valence-corrected chi connectivity index (χ4v) is 2.04. The van der Waals surface area contributed by atoms with E-state index in [1.165, 1.54) is 0 Å². The van der Waals surface area contributed by atoms with Crippen LogP contribution >= 0.6 is 24.2 Å². The predicted octanol–water partition coefficient (Wildman–Crippen LogP) is 2.95. The zero-order valence-corrected chi connectivity index (χ0v) is 13.5. The smallest absolute Gasteiger partial charge is 0.343 e. The van der Waals surface area contributed by atoms with Gasteiger partial charge in [0, 0.05) is 4.90 Å². The number of rotatable bonds is 4. The molecule has 4 N–H and O–H groups in total. The maximum absolute atomic E-state index is 12.0. The summed E-state index contributed by atoms with van der Waals surface area (Å²) >= 11 is 1.63. The van der Waals surface area contributed by atoms with E-state index in [1.54, 1.807) is 48.2 Å². The summed E-state index contributed by atoms with van der Waals surface area (Å²) in [5.74, 6) is 0.0495. The molecule has 0 spiro atoms. The maximum Gasteiger partial charge on any atom is 0.343 e. The zero-order chi connectivity index (χ0) is 15.2. The Balaban J connectivity index is 0.00000242. The zero-order valence-electron chi connectivity index (χ0n) is 11.9. The molecule has 2 aromatic rings. The van der Waals surface area contributed by atoms with Crippen molar-refractivity contribution in [3.8, 4) is 5.75 Å². The summed E-state index contributed by atoms with van der Waals surface area (Å²) in [6, 6.07) is 13.8. The normalized spacial score (nSPS) is 9.50. The number of carbonyl (C=O) groups is 1. The van der Waals surface area contributed by atoms with E-state index >= 15 is 0 Å². The number of nitrogens with two attached hydrogens (primary N) is 2. The molecule has 0 unspecified atom stereocenters. The molecule has 5 nitrogen and oxygen atoms in total. The van der Waals surface area contributed by atoms with Crippen LogP contribution in [0, 0.1) is 0 Å². The molecule has 0 radical (unpaired) electrons. The van der Waals surface area contributed by atoms with Crippen molar-refractivity contribution in [3.63, 3.8) is 0 Å². The lowest BCUT2D eigenvalue weighted by molar-refractivity contribution is 0.0734. The summed E-state index contributed by atoms with van der Waals surface area (Å²) in [4.78, 5) is 17.0. The summed E-state index contributed by atoms with van der Waals surface area (Å²) in [5.41, 5.74) is 11.6. The summed E-state index contributed by atoms with van der Waals surface area (Å²) in [7, 11) is 0. The highest BCUT2D eigenvalue weighted by molar-refractivity contribution is 7.98. The van der Waals surface area contributed by atoms with Gasteiger partial charge in [-0.3, -0.25) is 0 Å². The highest BCUT2D eigenvalue weighted by Gasteiger charge is 2.08. The summed E-state index contributed by atoms with van der Waals surface area (Å²) in [5, 5.41) is 0. The number of benzene rings is 2. The molecule has 0 fully saturated rings. The van der Waals surface area contributed by atoms with Crippen LogP contribution in [0.2, 0.25) is 0 Å². The number of aliphatic imine (C=N–C) groups is 1. The second-order valence-corrected chi connectivity index (χ2v) is 5.03. The first-order valence-corrected chi connectivity index (χ1v) is 7.37. The molecule has 7 heteroatoms. The van der Waals surface area contributed by atoms with E-state index in [2.05, 4.69) is 4.99 Å². The second kappa shape index (κ2) is 8.31. The first-order chi connectivity index (χ1) is 10.1. The average molecular weight is 338 g/mol. The molecule has 0 heterocycles. The lowest BCUT2D eigenvalue weighted by Crippen LogP contribution is -2.21. The molecule has 2 aromatic carbocycles. The SMILES string of the molecule is CSc1ccc(OC(=O)c2ccc(N=C(N)N)cc2)cc1.Cl. The van der Waals surface area contributed by atoms with Gasteiger partial charge in [-0.1, -0.05) is 0 Å². The number of guanidine groups is 1. The Labute approximate surface area is 139 Å². The number of hydrogen-bond acceptors (Lipinski definition) is 4. The van der Waals surface area contributed by atoms with Gasteiger partial charge in [0.15, 0.2) is 5.96 Å². The fourth-order valence-electron chi connectivity index (χ4n) is 1.63. The average Bonchev–Trinajstić information content (AvgIpc) is 2.48. The Morgan fingerprint density at radius 3 is 2.14 bits per heavy atom. The van der Waals surface area contributed by atoms with Gasteiger partial charge in [-0.2, -0.15) is 0 Å². The van der Waals surface area contributed by atoms with Crippen LogP contribution in [-0.4, -0.2) is 18.2 Å². The first kappa shape index (κ1) is 17.9. The van der Waals surface area contributed by atoms with Crippen LogP contribution in [0.4, 0.5) is 5.69 Å². The molecular weight excluding hydrogens is 322 g/mol. The molecule has 22 heavy (non-hydrogen) atoms. The largest absolute Gasteiger partial charge is 0.423 e. The van der Waals surface area contributed by atoms with Crippen molar-refractivity contribution in [2.75, 3.05) is 6.26 Å². The first-order valence-electron chi connectivity index (χ1n) is 6.14. The van der Waals surface area contributed by atoms with Crippen LogP contribution < -0.4 is 16.2 Å². The molecule has 0 aliphatic heterocycles. The van der Waals surface area contributed by atoms with Gasteiger partial charge in [0.05, 0.1) is 11.3 Å². The minimum Gasteiger partial charge on any atom is -0.423 e. The van der Waals surface area contributed by atoms with Gasteiger partial charge in [0.25, 0.3) is 0 Å². The third-order valence-electron chi connectivity index (χ3n) is 2.63. The third kappa shape index (κ3) is 4.98. The maximum atomic E-state index is 12.0. The minimum absolute atomic E-state index is 0. The molecular formula is C15H16ClN3O2S. The second-order valence-electron chi connectivity index (χ2n) is 4.15. The quantitative estimate of drug-likeness (QED) is 0.294. The van der Waals surface area contributed by atoms with Gasteiger partial charge in [-0.05, 0) is 54.8 Å². The van der Waals surface area contributed by atoms with Crippen molar-refractivity contribution in [1.29, 1.82) is 0 Å². The number of thioether (sulfide) groups is 1. The number of ether oxygens (including phenoxy) is 1. The summed E-state index contributed by atoms with van der Waals surface area (Å²) in [6.45, 7) is 0. The molecule has 0 aliphatic carbocycles. The van der Waals surface area contributed by atoms with Crippen LogP contribution in [0.5, 0.6) is 5.75 Å². The van der Waals surface area contributed by atoms with Crippen molar-refractivity contribution in [2.24, 2.45) is 16.5 Å². The minimum atomic E-state index is -0.428. The highest BCUT2D eigenvalue weighted by atomic mass is 35.5. The fraction of sp³-hybridized carbons (Fsp3) is 0.0667. The van der Waals surface area contributed by atoms with Crippen LogP contribution in [-0.2, 0) is 0 Å². The Kier molecular flexibility index (Phi) is 6.75. The molecule has 0 bridgehead atoms. The van der Waals surface area contributed by atoms with E-state index in [1.807, 2.05) is 18.4 Å². The number of carbonyl (C=O) groups excluding carboxylic acids is 1. The van der Waals surface area contributed by atoms with Crippen molar-refractivity contribution in [3.05, 3.63) is 54.1 Å². The van der Waals surface area contributed by atoms with E-state index in [9.17, 15) is 4.79 Å². The van der Waals surface area contributed by atoms with Crippen LogP contribution in [0.1, 0.15) is 10.4 Å². The summed E-state index contributed by atoms with van der Waals surface area (Å²) in [6.07, 6.45) is 1.99. The predicted molar refractivity (Wildman–Crippen MR) is 92.3 cm³/mol. The topological polar surface area (TPSA) is 90.7 Å². The van der Waals surface area contributed by atoms with E-state index in [-0.39, 0.29) is 18.4 Å². The van der Waals surface area contributed by atoms with Gasteiger partial charge >= 0.3 is 5.97 Å². The van der Waals surface area contributed by atoms with Gasteiger partial charge in [0.2, 0.25) is 0 Å². The van der Waals surface area contributed by atoms with E-state index in [0.29, 0.717) is 17.0 Å². The van der Waals surface area contributed by atoms with Crippen LogP contribution in [0.15, 0.2) is 58.4 Å². The Morgan fingerprint density at radius 2 is 1.64 bits per heavy atom. The van der Waals surface area contributed by atoms with Crippen LogP contribution in [0.3, 0.4) is 0 Å². The van der Waals surface area contributed by atoms with Crippen LogP contribution in [0.25, 0.3) is 0 Å². The monoisotopic (exact) mass is 337 g/mol. The van der Waals surface area contributed by atoms with Gasteiger partial charge in [-0.25, -0.2) is 9.79 Å². The van der Waals surface area contributed by atoms with Crippen molar-refractivity contribution < 1.29 is 9.53 Å². The van der Waals surface area contributed by atoms with Gasteiger partial charge in [0.1, 0.15) is 5.75 Å². The van der Waals surface area contributed by atoms with Crippen molar-refractivity contribution >= 4 is 41.8 Å². The molecule has 0 saturated carbocycles. The molecule has 0 atom stereocenters. The molecule has 116 valence electrons. The van der Waals surface area contributed by atoms with Gasteiger partial charge in [-0.15, -0.1) is 24.2 Å². The van der Waals surface area contributed by atoms with E-state index in [0.717, 1.165) is 4.90 Å². The number of esters is 1. The molecule has 0 aromatic heterocycles. The Morgan fingerprint density at radius 1 is 1.05 bits per heavy atom. The van der Waals surface area contributed by atoms with Gasteiger partial charge < -0.3 is 16.2 Å². The molecule has 0 amide bonds. The number of nitrogens with zero attached hydrogens (tertiary/aromatic N) is 1. The Hall–Kier alpha value is -2.18. The van der Waals surface area contributed by atoms with Crippen molar-refractivity contribution in [2.45, 2.75) is 4.90 Å². The number of hydrogen-bond donors (Lipinski definition) is 2. The molecule has 0 saturated heterocycles. The lowest BCUT2D eigenvalue weighted by Gasteiger charge is -2.05. The molecule has 0 aliphatic rings. The Bertz CT molecular complexity index is 653. The van der Waals surface area contributed by atoms with Crippen molar-refractivity contribution in [1.82, 2.24) is 0 Å². The lowest BCUT2D eigenvalue weighted by atomic mass is 10.2. The highest BCUT2D eigenvalue weighted by Crippen LogP contribution is 2.20. The summed E-state index contributed by atoms with van der Waals surface area (Å²) < 4.78 is 5.29. The van der Waals surface area contributed by atoms with E-state index in [4.69, 9.17) is 16.2 Å². The number of halogens is 1. The van der Waals surface area contributed by atoms with E-state index < -0.39 is 5.97 Å². The molecule has 2 rings (SSSR count). The third-order valence-corrected chi connectivity index (χ3v) is 3.37.